The number of urea groups is 1. The van der Waals surface area contributed by atoms with Crippen LogP contribution in [0.4, 0.5) is 4.79 Å². The molecular weight excluding hydrogens is 470 g/mol. The van der Waals surface area contributed by atoms with Gasteiger partial charge in [-0.1, -0.05) is 6.07 Å². The first-order chi connectivity index (χ1) is 17.3. The van der Waals surface area contributed by atoms with E-state index in [4.69, 9.17) is 13.9 Å². The summed E-state index contributed by atoms with van der Waals surface area (Å²) >= 11 is 0. The molecule has 1 saturated heterocycles. The number of nitrogens with zero attached hydrogens (tertiary/aromatic N) is 2. The Balaban J connectivity index is 1.46. The molecule has 12 nitrogen and oxygen atoms in total. The number of imide groups is 1. The summed E-state index contributed by atoms with van der Waals surface area (Å²) in [4.78, 5) is 56.5. The quantitative estimate of drug-likeness (QED) is 0.309. The normalized spacial score (nSPS) is 18.8. The number of methoxy groups -OCH3 is 2. The average molecular weight is 493 g/mol. The molecule has 2 aromatic heterocycles. The Kier molecular flexibility index (Phi) is 5.80. The van der Waals surface area contributed by atoms with E-state index in [-0.39, 0.29) is 41.8 Å². The predicted molar refractivity (Wildman–Crippen MR) is 124 cm³/mol. The highest BCUT2D eigenvalue weighted by Gasteiger charge is 2.53. The third-order valence-corrected chi connectivity index (χ3v) is 6.21. The third-order valence-electron chi connectivity index (χ3n) is 6.21. The van der Waals surface area contributed by atoms with E-state index in [1.165, 1.54) is 37.4 Å². The Bertz CT molecular complexity index is 1400. The Labute approximate surface area is 204 Å². The molecule has 0 aliphatic carbocycles. The lowest BCUT2D eigenvalue weighted by atomic mass is 9.95. The summed E-state index contributed by atoms with van der Waals surface area (Å²) in [5.74, 6) is -0.702. The van der Waals surface area contributed by atoms with Gasteiger partial charge in [-0.2, -0.15) is 0 Å². The van der Waals surface area contributed by atoms with E-state index in [2.05, 4.69) is 20.9 Å². The van der Waals surface area contributed by atoms with Gasteiger partial charge in [-0.05, 0) is 23.8 Å². The van der Waals surface area contributed by atoms with Crippen LogP contribution in [0.5, 0.6) is 5.75 Å². The number of ether oxygens (including phenoxy) is 2. The molecule has 5 rings (SSSR count). The fraction of sp³-hybridized carbons (Fsp3) is 0.292. The van der Waals surface area contributed by atoms with E-state index in [1.54, 1.807) is 18.2 Å². The molecule has 0 bridgehead atoms. The van der Waals surface area contributed by atoms with Crippen molar-refractivity contribution in [1.82, 2.24) is 25.8 Å². The predicted octanol–water partition coefficient (Wildman–Crippen LogP) is 0.903. The Morgan fingerprint density at radius 1 is 1.22 bits per heavy atom. The van der Waals surface area contributed by atoms with Crippen molar-refractivity contribution in [1.29, 1.82) is 0 Å². The molecule has 0 unspecified atom stereocenters. The second-order valence-corrected chi connectivity index (χ2v) is 8.46. The second-order valence-electron chi connectivity index (χ2n) is 8.46. The van der Waals surface area contributed by atoms with Gasteiger partial charge < -0.3 is 29.4 Å². The summed E-state index contributed by atoms with van der Waals surface area (Å²) < 4.78 is 16.1. The van der Waals surface area contributed by atoms with Crippen molar-refractivity contribution in [3.8, 4) is 5.75 Å². The molecule has 12 heteroatoms. The zero-order valence-corrected chi connectivity index (χ0v) is 19.5. The number of carbonyl (C=O) groups excluding carboxylic acids is 4. The standard InChI is InChI=1S/C24H23N5O7/c1-34-6-5-25-20(30)14-7-18-17(26-10-14)9-19(36-18)24(22(32)27-23(33)28-24)12-29-11-13-3-4-15(35-2)8-16(13)21(29)31/h3-4,7-10H,5-6,11-12H2,1-2H3,(H,25,30)(H2,27,28,32,33)/t24-/m0/s1. The fourth-order valence-electron chi connectivity index (χ4n) is 4.36. The first-order valence-corrected chi connectivity index (χ1v) is 11.1. The maximum atomic E-state index is 13.1. The van der Waals surface area contributed by atoms with Crippen molar-refractivity contribution in [2.75, 3.05) is 33.9 Å². The summed E-state index contributed by atoms with van der Waals surface area (Å²) in [6.45, 7) is 0.748. The van der Waals surface area contributed by atoms with Gasteiger partial charge in [0.1, 0.15) is 17.0 Å². The Morgan fingerprint density at radius 2 is 2.06 bits per heavy atom. The molecule has 1 aromatic carbocycles. The van der Waals surface area contributed by atoms with E-state index < -0.39 is 17.5 Å². The molecule has 2 aliphatic heterocycles. The molecule has 0 spiro atoms. The Hall–Kier alpha value is -4.45. The van der Waals surface area contributed by atoms with Crippen LogP contribution < -0.4 is 20.7 Å². The smallest absolute Gasteiger partial charge is 0.322 e. The van der Waals surface area contributed by atoms with Gasteiger partial charge in [0.25, 0.3) is 17.7 Å². The molecule has 0 radical (unpaired) electrons. The first-order valence-electron chi connectivity index (χ1n) is 11.1. The summed E-state index contributed by atoms with van der Waals surface area (Å²) in [5.41, 5.74) is 0.444. The van der Waals surface area contributed by atoms with Crippen LogP contribution in [0.3, 0.4) is 0 Å². The number of benzene rings is 1. The zero-order chi connectivity index (χ0) is 25.4. The second kappa shape index (κ2) is 8.96. The lowest BCUT2D eigenvalue weighted by molar-refractivity contribution is -0.125. The number of aromatic nitrogens is 1. The maximum Gasteiger partial charge on any atom is 0.322 e. The van der Waals surface area contributed by atoms with Crippen molar-refractivity contribution in [3.05, 3.63) is 59.0 Å². The number of carbonyl (C=O) groups is 4. The zero-order valence-electron chi connectivity index (χ0n) is 19.5. The first kappa shape index (κ1) is 23.3. The van der Waals surface area contributed by atoms with Gasteiger partial charge in [0, 0.05) is 38.0 Å². The molecule has 0 saturated carbocycles. The van der Waals surface area contributed by atoms with Crippen molar-refractivity contribution in [3.63, 3.8) is 0 Å². The van der Waals surface area contributed by atoms with Crippen LogP contribution in [0.15, 0.2) is 40.9 Å². The summed E-state index contributed by atoms with van der Waals surface area (Å²) in [6.07, 6.45) is 1.39. The number of furan rings is 1. The lowest BCUT2D eigenvalue weighted by Gasteiger charge is -2.28. The van der Waals surface area contributed by atoms with Crippen molar-refractivity contribution in [2.45, 2.75) is 12.1 Å². The molecule has 4 heterocycles. The van der Waals surface area contributed by atoms with E-state index >= 15 is 0 Å². The minimum Gasteiger partial charge on any atom is -0.497 e. The van der Waals surface area contributed by atoms with E-state index in [9.17, 15) is 19.2 Å². The van der Waals surface area contributed by atoms with E-state index in [0.717, 1.165) is 5.56 Å². The monoisotopic (exact) mass is 493 g/mol. The average Bonchev–Trinajstić information content (AvgIpc) is 3.52. The molecule has 5 amide bonds. The lowest BCUT2D eigenvalue weighted by Crippen LogP contribution is -2.52. The van der Waals surface area contributed by atoms with Gasteiger partial charge in [-0.25, -0.2) is 4.79 Å². The van der Waals surface area contributed by atoms with Crippen LogP contribution in [0, 0.1) is 0 Å². The highest BCUT2D eigenvalue weighted by atomic mass is 16.5. The minimum atomic E-state index is -1.68. The van der Waals surface area contributed by atoms with E-state index in [0.29, 0.717) is 30.0 Å². The number of amides is 5. The van der Waals surface area contributed by atoms with Crippen LogP contribution >= 0.6 is 0 Å². The maximum absolute atomic E-state index is 13.1. The number of hydrogen-bond acceptors (Lipinski definition) is 8. The number of rotatable bonds is 8. The van der Waals surface area contributed by atoms with Gasteiger partial charge in [-0.15, -0.1) is 0 Å². The summed E-state index contributed by atoms with van der Waals surface area (Å²) in [6, 6.07) is 7.49. The molecular formula is C24H23N5O7. The molecule has 3 aromatic rings. The van der Waals surface area contributed by atoms with Crippen LogP contribution in [0.1, 0.15) is 32.0 Å². The Morgan fingerprint density at radius 3 is 2.78 bits per heavy atom. The highest BCUT2D eigenvalue weighted by molar-refractivity contribution is 6.08. The van der Waals surface area contributed by atoms with Crippen molar-refractivity contribution >= 4 is 34.9 Å². The van der Waals surface area contributed by atoms with Gasteiger partial charge in [0.05, 0.1) is 25.8 Å². The molecule has 186 valence electrons. The van der Waals surface area contributed by atoms with Gasteiger partial charge in [-0.3, -0.25) is 24.7 Å². The van der Waals surface area contributed by atoms with Gasteiger partial charge >= 0.3 is 6.03 Å². The number of nitrogens with one attached hydrogen (secondary N) is 3. The van der Waals surface area contributed by atoms with Gasteiger partial charge in [0.15, 0.2) is 11.1 Å². The van der Waals surface area contributed by atoms with E-state index in [1.807, 2.05) is 0 Å². The topological polar surface area (TPSA) is 152 Å². The molecule has 2 aliphatic rings. The van der Waals surface area contributed by atoms with Crippen LogP contribution in [-0.2, 0) is 21.6 Å². The number of fused-ring (bicyclic) bond motifs is 2. The largest absolute Gasteiger partial charge is 0.497 e. The summed E-state index contributed by atoms with van der Waals surface area (Å²) in [5, 5.41) is 7.56. The minimum absolute atomic E-state index is 0.0895. The van der Waals surface area contributed by atoms with Crippen LogP contribution in [0.2, 0.25) is 0 Å². The number of hydrogen-bond donors (Lipinski definition) is 3. The van der Waals surface area contributed by atoms with Crippen molar-refractivity contribution in [2.24, 2.45) is 0 Å². The van der Waals surface area contributed by atoms with Crippen molar-refractivity contribution < 1.29 is 33.1 Å². The third kappa shape index (κ3) is 3.90. The van der Waals surface area contributed by atoms with Gasteiger partial charge in [0.2, 0.25) is 0 Å². The molecule has 3 N–H and O–H groups in total. The highest BCUT2D eigenvalue weighted by Crippen LogP contribution is 2.34. The van der Waals surface area contributed by atoms with Crippen LogP contribution in [0.25, 0.3) is 11.1 Å². The molecule has 36 heavy (non-hydrogen) atoms. The SMILES string of the molecule is COCCNC(=O)c1cnc2cc([C@]3(CN4Cc5ccc(OC)cc5C4=O)NC(=O)NC3=O)oc2c1. The molecule has 1 fully saturated rings. The van der Waals surface area contributed by atoms with Crippen LogP contribution in [-0.4, -0.2) is 67.6 Å². The fourth-order valence-corrected chi connectivity index (χ4v) is 4.36. The molecule has 1 atom stereocenters. The number of pyridine rings is 1. The summed E-state index contributed by atoms with van der Waals surface area (Å²) in [7, 11) is 3.04.